The van der Waals surface area contributed by atoms with E-state index in [0.29, 0.717) is 48.5 Å². The molecule has 1 fully saturated rings. The number of amides is 1. The highest BCUT2D eigenvalue weighted by Crippen LogP contribution is 2.28. The van der Waals surface area contributed by atoms with Gasteiger partial charge >= 0.3 is 0 Å². The van der Waals surface area contributed by atoms with Crippen LogP contribution < -0.4 is 4.74 Å². The molecule has 1 atom stereocenters. The summed E-state index contributed by atoms with van der Waals surface area (Å²) >= 11 is 6.11. The lowest BCUT2D eigenvalue weighted by molar-refractivity contribution is 0.0785. The van der Waals surface area contributed by atoms with Crippen molar-refractivity contribution in [2.45, 2.75) is 38.5 Å². The van der Waals surface area contributed by atoms with Gasteiger partial charge in [-0.25, -0.2) is 0 Å². The molecule has 158 valence electrons. The molecule has 1 saturated heterocycles. The topological polar surface area (TPSA) is 86.9 Å². The van der Waals surface area contributed by atoms with Crippen molar-refractivity contribution < 1.29 is 9.53 Å². The van der Waals surface area contributed by atoms with E-state index in [0.717, 1.165) is 23.5 Å². The predicted molar refractivity (Wildman–Crippen MR) is 115 cm³/mol. The Hall–Kier alpha value is -2.80. The maximum Gasteiger partial charge on any atom is 0.274 e. The quantitative estimate of drug-likeness (QED) is 0.592. The molecule has 2 N–H and O–H groups in total. The van der Waals surface area contributed by atoms with Crippen molar-refractivity contribution in [2.75, 3.05) is 19.7 Å². The third kappa shape index (κ3) is 4.51. The largest absolute Gasteiger partial charge is 0.492 e. The van der Waals surface area contributed by atoms with Gasteiger partial charge in [0.15, 0.2) is 0 Å². The zero-order valence-corrected chi connectivity index (χ0v) is 17.9. The second kappa shape index (κ2) is 8.92. The summed E-state index contributed by atoms with van der Waals surface area (Å²) in [6.07, 6.45) is 1.60. The number of likely N-dealkylation sites (tertiary alicyclic amines) is 1. The number of carbonyl (C=O) groups is 1. The van der Waals surface area contributed by atoms with Crippen molar-refractivity contribution in [1.29, 1.82) is 0 Å². The molecule has 0 saturated carbocycles. The summed E-state index contributed by atoms with van der Waals surface area (Å²) in [6.45, 7) is 6.02. The number of H-pyrrole nitrogens is 2. The normalized spacial score (nSPS) is 16.4. The van der Waals surface area contributed by atoms with Gasteiger partial charge in [0.1, 0.15) is 11.4 Å². The van der Waals surface area contributed by atoms with Crippen LogP contribution in [0, 0.1) is 0 Å². The summed E-state index contributed by atoms with van der Waals surface area (Å²) in [4.78, 5) is 14.6. The number of aromatic amines is 2. The minimum atomic E-state index is -0.0236. The number of hydrogen-bond acceptors (Lipinski definition) is 4. The van der Waals surface area contributed by atoms with Crippen LogP contribution in [-0.4, -0.2) is 50.9 Å². The van der Waals surface area contributed by atoms with Crippen LogP contribution in [0.1, 0.15) is 59.7 Å². The first-order chi connectivity index (χ1) is 14.5. The van der Waals surface area contributed by atoms with Crippen LogP contribution in [0.15, 0.2) is 36.4 Å². The smallest absolute Gasteiger partial charge is 0.274 e. The van der Waals surface area contributed by atoms with E-state index < -0.39 is 0 Å². The Labute approximate surface area is 180 Å². The number of nitrogens with zero attached hydrogens (tertiary/aromatic N) is 3. The Bertz CT molecular complexity index is 1010. The summed E-state index contributed by atoms with van der Waals surface area (Å²) in [6, 6.07) is 11.4. The maximum atomic E-state index is 12.8. The van der Waals surface area contributed by atoms with Crippen molar-refractivity contribution in [3.63, 3.8) is 0 Å². The number of halogens is 1. The predicted octanol–water partition coefficient (Wildman–Crippen LogP) is 4.16. The zero-order chi connectivity index (χ0) is 21.1. The zero-order valence-electron chi connectivity index (χ0n) is 17.2. The van der Waals surface area contributed by atoms with Crippen LogP contribution >= 0.6 is 11.6 Å². The van der Waals surface area contributed by atoms with Crippen LogP contribution in [0.25, 0.3) is 0 Å². The average molecular weight is 428 g/mol. The van der Waals surface area contributed by atoms with E-state index >= 15 is 0 Å². The van der Waals surface area contributed by atoms with Crippen LogP contribution in [0.2, 0.25) is 5.02 Å². The monoisotopic (exact) mass is 427 g/mol. The second-order valence-electron chi connectivity index (χ2n) is 7.95. The average Bonchev–Trinajstić information content (AvgIpc) is 3.49. The lowest BCUT2D eigenvalue weighted by atomic mass is 10.0. The standard InChI is InChI=1S/C22H26ClN5O2/c1-14(2)18-12-20(27-25-18)22(29)28-9-7-15(13-28)19-11-16(24-26-19)8-10-30-21-6-4-3-5-17(21)23/h3-6,11-12,14-15H,7-10,13H2,1-2H3,(H,24,26)(H,25,27)/t15-/m0/s1. The van der Waals surface area contributed by atoms with Crippen molar-refractivity contribution in [3.8, 4) is 5.75 Å². The molecule has 1 aromatic carbocycles. The fourth-order valence-electron chi connectivity index (χ4n) is 3.64. The van der Waals surface area contributed by atoms with E-state index in [1.165, 1.54) is 0 Å². The summed E-state index contributed by atoms with van der Waals surface area (Å²) in [7, 11) is 0. The number of rotatable bonds is 7. The molecule has 1 amide bonds. The molecule has 7 nitrogen and oxygen atoms in total. The Morgan fingerprint density at radius 1 is 1.27 bits per heavy atom. The Balaban J connectivity index is 1.31. The lowest BCUT2D eigenvalue weighted by Crippen LogP contribution is -2.28. The first-order valence-corrected chi connectivity index (χ1v) is 10.6. The van der Waals surface area contributed by atoms with Crippen LogP contribution in [0.3, 0.4) is 0 Å². The molecule has 3 heterocycles. The van der Waals surface area contributed by atoms with E-state index in [-0.39, 0.29) is 11.8 Å². The van der Waals surface area contributed by atoms with Crippen molar-refractivity contribution >= 4 is 17.5 Å². The molecule has 0 unspecified atom stereocenters. The SMILES string of the molecule is CC(C)c1cc(C(=O)N2CC[C@H](c3cc(CCOc4ccccc4Cl)[nH]n3)C2)n[nH]1. The fraction of sp³-hybridized carbons (Fsp3) is 0.409. The molecule has 2 aromatic heterocycles. The molecule has 0 spiro atoms. The van der Waals surface area contributed by atoms with E-state index in [1.54, 1.807) is 0 Å². The Morgan fingerprint density at radius 3 is 2.87 bits per heavy atom. The van der Waals surface area contributed by atoms with E-state index in [2.05, 4.69) is 40.3 Å². The molecule has 0 aliphatic carbocycles. The van der Waals surface area contributed by atoms with Gasteiger partial charge in [-0.1, -0.05) is 37.6 Å². The number of hydrogen-bond donors (Lipinski definition) is 2. The van der Waals surface area contributed by atoms with Gasteiger partial charge in [-0.2, -0.15) is 10.2 Å². The first-order valence-electron chi connectivity index (χ1n) is 10.3. The van der Waals surface area contributed by atoms with Gasteiger partial charge in [0.25, 0.3) is 5.91 Å². The highest BCUT2D eigenvalue weighted by molar-refractivity contribution is 6.32. The number of carbonyl (C=O) groups excluding carboxylic acids is 1. The van der Waals surface area contributed by atoms with Crippen LogP contribution in [-0.2, 0) is 6.42 Å². The molecular formula is C22H26ClN5O2. The number of para-hydroxylation sites is 1. The van der Waals surface area contributed by atoms with Gasteiger partial charge in [-0.15, -0.1) is 0 Å². The molecule has 30 heavy (non-hydrogen) atoms. The van der Waals surface area contributed by atoms with Gasteiger partial charge in [0.2, 0.25) is 0 Å². The summed E-state index contributed by atoms with van der Waals surface area (Å²) < 4.78 is 5.75. The summed E-state index contributed by atoms with van der Waals surface area (Å²) in [5.74, 6) is 1.20. The van der Waals surface area contributed by atoms with Gasteiger partial charge in [0, 0.05) is 36.8 Å². The Morgan fingerprint density at radius 2 is 2.10 bits per heavy atom. The van der Waals surface area contributed by atoms with Crippen molar-refractivity contribution in [3.05, 3.63) is 64.2 Å². The van der Waals surface area contributed by atoms with Gasteiger partial charge in [0.05, 0.1) is 17.3 Å². The van der Waals surface area contributed by atoms with E-state index in [9.17, 15) is 4.79 Å². The minimum absolute atomic E-state index is 0.0236. The number of nitrogens with one attached hydrogen (secondary N) is 2. The molecule has 0 radical (unpaired) electrons. The lowest BCUT2D eigenvalue weighted by Gasteiger charge is -2.14. The maximum absolute atomic E-state index is 12.8. The highest BCUT2D eigenvalue weighted by Gasteiger charge is 2.30. The van der Waals surface area contributed by atoms with Crippen LogP contribution in [0.4, 0.5) is 0 Å². The van der Waals surface area contributed by atoms with Gasteiger partial charge < -0.3 is 9.64 Å². The third-order valence-corrected chi connectivity index (χ3v) is 5.76. The molecule has 4 rings (SSSR count). The molecule has 3 aromatic rings. The third-order valence-electron chi connectivity index (χ3n) is 5.45. The number of benzene rings is 1. The highest BCUT2D eigenvalue weighted by atomic mass is 35.5. The van der Waals surface area contributed by atoms with E-state index in [1.807, 2.05) is 35.2 Å². The van der Waals surface area contributed by atoms with E-state index in [4.69, 9.17) is 16.3 Å². The Kier molecular flexibility index (Phi) is 6.08. The second-order valence-corrected chi connectivity index (χ2v) is 8.35. The first kappa shape index (κ1) is 20.5. The molecule has 8 heteroatoms. The summed E-state index contributed by atoms with van der Waals surface area (Å²) in [5, 5.41) is 15.3. The molecule has 1 aliphatic rings. The number of ether oxygens (including phenoxy) is 1. The van der Waals surface area contributed by atoms with Gasteiger partial charge in [-0.3, -0.25) is 15.0 Å². The summed E-state index contributed by atoms with van der Waals surface area (Å²) in [5.41, 5.74) is 3.46. The minimum Gasteiger partial charge on any atom is -0.492 e. The van der Waals surface area contributed by atoms with Crippen molar-refractivity contribution in [2.24, 2.45) is 0 Å². The van der Waals surface area contributed by atoms with Crippen molar-refractivity contribution in [1.82, 2.24) is 25.3 Å². The molecular weight excluding hydrogens is 402 g/mol. The molecule has 0 bridgehead atoms. The van der Waals surface area contributed by atoms with Crippen LogP contribution in [0.5, 0.6) is 5.75 Å². The molecule has 1 aliphatic heterocycles. The number of aromatic nitrogens is 4. The fourth-order valence-corrected chi connectivity index (χ4v) is 3.83. The van der Waals surface area contributed by atoms with Gasteiger partial charge in [-0.05, 0) is 36.6 Å².